The third-order valence-corrected chi connectivity index (χ3v) is 2.52. The van der Waals surface area contributed by atoms with E-state index in [9.17, 15) is 4.79 Å². The summed E-state index contributed by atoms with van der Waals surface area (Å²) >= 11 is 0. The van der Waals surface area contributed by atoms with Crippen molar-refractivity contribution in [1.29, 1.82) is 0 Å². The third-order valence-electron chi connectivity index (χ3n) is 2.52. The SMILES string of the molecule is CCc1cccc(NC(N)=NCC(=O)NC(C)(C)C)c1.I. The Kier molecular flexibility index (Phi) is 8.31. The fourth-order valence-corrected chi connectivity index (χ4v) is 1.67. The Balaban J connectivity index is 0.00000400. The van der Waals surface area contributed by atoms with Gasteiger partial charge in [0.1, 0.15) is 6.54 Å². The van der Waals surface area contributed by atoms with Gasteiger partial charge in [0.15, 0.2) is 5.96 Å². The van der Waals surface area contributed by atoms with Gasteiger partial charge < -0.3 is 16.4 Å². The van der Waals surface area contributed by atoms with E-state index in [1.54, 1.807) is 0 Å². The number of carbonyl (C=O) groups is 1. The van der Waals surface area contributed by atoms with E-state index in [-0.39, 0.29) is 47.9 Å². The van der Waals surface area contributed by atoms with Gasteiger partial charge >= 0.3 is 0 Å². The van der Waals surface area contributed by atoms with Crippen molar-refractivity contribution in [1.82, 2.24) is 5.32 Å². The molecule has 6 heteroatoms. The van der Waals surface area contributed by atoms with Crippen molar-refractivity contribution in [2.75, 3.05) is 11.9 Å². The summed E-state index contributed by atoms with van der Waals surface area (Å²) in [5.41, 5.74) is 7.60. The van der Waals surface area contributed by atoms with E-state index >= 15 is 0 Å². The highest BCUT2D eigenvalue weighted by Gasteiger charge is 2.12. The Morgan fingerprint density at radius 3 is 2.57 bits per heavy atom. The van der Waals surface area contributed by atoms with Crippen LogP contribution in [0.1, 0.15) is 33.3 Å². The molecule has 1 amide bonds. The topological polar surface area (TPSA) is 79.5 Å². The van der Waals surface area contributed by atoms with Crippen molar-refractivity contribution in [3.63, 3.8) is 0 Å². The van der Waals surface area contributed by atoms with Crippen LogP contribution in [-0.4, -0.2) is 24.0 Å². The number of nitrogens with zero attached hydrogens (tertiary/aromatic N) is 1. The van der Waals surface area contributed by atoms with Crippen LogP contribution in [0.2, 0.25) is 0 Å². The number of carbonyl (C=O) groups excluding carboxylic acids is 1. The molecule has 0 atom stereocenters. The zero-order chi connectivity index (χ0) is 15.2. The molecule has 21 heavy (non-hydrogen) atoms. The summed E-state index contributed by atoms with van der Waals surface area (Å²) in [7, 11) is 0. The molecule has 0 saturated heterocycles. The largest absolute Gasteiger partial charge is 0.370 e. The lowest BCUT2D eigenvalue weighted by Crippen LogP contribution is -2.42. The van der Waals surface area contributed by atoms with E-state index in [0.29, 0.717) is 0 Å². The minimum absolute atomic E-state index is 0. The standard InChI is InChI=1S/C15H24N4O.HI/c1-5-11-7-6-8-12(9-11)18-14(16)17-10-13(20)19-15(2,3)4;/h6-9H,5,10H2,1-4H3,(H,19,20)(H3,16,17,18);1H. The Bertz CT molecular complexity index is 495. The maximum Gasteiger partial charge on any atom is 0.242 e. The van der Waals surface area contributed by atoms with Crippen molar-refractivity contribution < 1.29 is 4.79 Å². The Labute approximate surface area is 143 Å². The van der Waals surface area contributed by atoms with E-state index in [2.05, 4.69) is 28.6 Å². The molecule has 0 heterocycles. The van der Waals surface area contributed by atoms with Gasteiger partial charge in [0.25, 0.3) is 0 Å². The van der Waals surface area contributed by atoms with Crippen LogP contribution in [0, 0.1) is 0 Å². The average molecular weight is 404 g/mol. The lowest BCUT2D eigenvalue weighted by atomic mass is 10.1. The minimum Gasteiger partial charge on any atom is -0.370 e. The van der Waals surface area contributed by atoms with Gasteiger partial charge in [-0.15, -0.1) is 24.0 Å². The predicted octanol–water partition coefficient (Wildman–Crippen LogP) is 2.51. The summed E-state index contributed by atoms with van der Waals surface area (Å²) in [4.78, 5) is 15.6. The van der Waals surface area contributed by atoms with Crippen LogP contribution in [-0.2, 0) is 11.2 Å². The first kappa shape index (κ1) is 19.7. The van der Waals surface area contributed by atoms with E-state index < -0.39 is 0 Å². The van der Waals surface area contributed by atoms with Crippen LogP contribution in [0.4, 0.5) is 5.69 Å². The minimum atomic E-state index is -0.260. The number of hydrogen-bond acceptors (Lipinski definition) is 2. The summed E-state index contributed by atoms with van der Waals surface area (Å²) in [5, 5.41) is 5.81. The molecule has 0 saturated carbocycles. The molecular formula is C15H25IN4O. The number of guanidine groups is 1. The average Bonchev–Trinajstić information content (AvgIpc) is 2.34. The van der Waals surface area contributed by atoms with Gasteiger partial charge in [-0.05, 0) is 44.9 Å². The summed E-state index contributed by atoms with van der Waals surface area (Å²) in [6.07, 6.45) is 0.959. The number of nitrogens with one attached hydrogen (secondary N) is 2. The molecule has 0 aliphatic rings. The molecule has 0 aliphatic heterocycles. The number of aliphatic imine (C=N–C) groups is 1. The molecule has 0 radical (unpaired) electrons. The number of rotatable bonds is 4. The highest BCUT2D eigenvalue weighted by Crippen LogP contribution is 2.10. The summed E-state index contributed by atoms with van der Waals surface area (Å²) in [5.74, 6) is 0.0897. The van der Waals surface area contributed by atoms with E-state index in [0.717, 1.165) is 12.1 Å². The molecule has 0 aromatic heterocycles. The summed E-state index contributed by atoms with van der Waals surface area (Å²) in [6.45, 7) is 7.88. The number of halogens is 1. The van der Waals surface area contributed by atoms with Gasteiger partial charge in [-0.3, -0.25) is 4.79 Å². The fourth-order valence-electron chi connectivity index (χ4n) is 1.67. The normalized spacial score (nSPS) is 11.5. The van der Waals surface area contributed by atoms with E-state index in [1.165, 1.54) is 5.56 Å². The fraction of sp³-hybridized carbons (Fsp3) is 0.467. The molecule has 1 aromatic rings. The van der Waals surface area contributed by atoms with Crippen molar-refractivity contribution >= 4 is 41.5 Å². The second kappa shape index (κ2) is 8.86. The first-order valence-corrected chi connectivity index (χ1v) is 6.77. The van der Waals surface area contributed by atoms with Gasteiger partial charge in [-0.2, -0.15) is 0 Å². The van der Waals surface area contributed by atoms with Crippen LogP contribution in [0.5, 0.6) is 0 Å². The molecular weight excluding hydrogens is 379 g/mol. The number of anilines is 1. The van der Waals surface area contributed by atoms with Gasteiger partial charge in [0, 0.05) is 11.2 Å². The molecule has 0 bridgehead atoms. The monoisotopic (exact) mass is 404 g/mol. The predicted molar refractivity (Wildman–Crippen MR) is 99.2 cm³/mol. The van der Waals surface area contributed by atoms with Gasteiger partial charge in [0.05, 0.1) is 0 Å². The van der Waals surface area contributed by atoms with Crippen molar-refractivity contribution in [2.24, 2.45) is 10.7 Å². The zero-order valence-electron chi connectivity index (χ0n) is 13.1. The van der Waals surface area contributed by atoms with E-state index in [1.807, 2.05) is 39.0 Å². The second-order valence-electron chi connectivity index (χ2n) is 5.68. The first-order valence-electron chi connectivity index (χ1n) is 6.77. The van der Waals surface area contributed by atoms with Crippen molar-refractivity contribution in [3.05, 3.63) is 29.8 Å². The van der Waals surface area contributed by atoms with Gasteiger partial charge in [0.2, 0.25) is 5.91 Å². The van der Waals surface area contributed by atoms with Crippen LogP contribution in [0.25, 0.3) is 0 Å². The molecule has 0 aliphatic carbocycles. The quantitative estimate of drug-likeness (QED) is 0.410. The second-order valence-corrected chi connectivity index (χ2v) is 5.68. The highest BCUT2D eigenvalue weighted by molar-refractivity contribution is 14.0. The van der Waals surface area contributed by atoms with Crippen molar-refractivity contribution in [3.8, 4) is 0 Å². The van der Waals surface area contributed by atoms with Crippen molar-refractivity contribution in [2.45, 2.75) is 39.7 Å². The van der Waals surface area contributed by atoms with Crippen LogP contribution in [0.15, 0.2) is 29.3 Å². The van der Waals surface area contributed by atoms with Gasteiger partial charge in [-0.25, -0.2) is 4.99 Å². The smallest absolute Gasteiger partial charge is 0.242 e. The molecule has 1 rings (SSSR count). The molecule has 5 nitrogen and oxygen atoms in total. The Morgan fingerprint density at radius 1 is 1.33 bits per heavy atom. The molecule has 0 spiro atoms. The Hall–Kier alpha value is -1.31. The van der Waals surface area contributed by atoms with E-state index in [4.69, 9.17) is 5.73 Å². The summed E-state index contributed by atoms with van der Waals surface area (Å²) in [6, 6.07) is 7.93. The molecule has 118 valence electrons. The molecule has 0 unspecified atom stereocenters. The lowest BCUT2D eigenvalue weighted by Gasteiger charge is -2.19. The molecule has 4 N–H and O–H groups in total. The van der Waals surface area contributed by atoms with Crippen LogP contribution in [0.3, 0.4) is 0 Å². The maximum absolute atomic E-state index is 11.6. The van der Waals surface area contributed by atoms with Crippen LogP contribution < -0.4 is 16.4 Å². The molecule has 0 fully saturated rings. The maximum atomic E-state index is 11.6. The Morgan fingerprint density at radius 2 is 2.00 bits per heavy atom. The van der Waals surface area contributed by atoms with Crippen LogP contribution >= 0.6 is 24.0 Å². The lowest BCUT2D eigenvalue weighted by molar-refractivity contribution is -0.121. The number of hydrogen-bond donors (Lipinski definition) is 3. The number of aryl methyl sites for hydroxylation is 1. The van der Waals surface area contributed by atoms with Gasteiger partial charge in [-0.1, -0.05) is 19.1 Å². The first-order chi connectivity index (χ1) is 9.30. The number of nitrogens with two attached hydrogens (primary N) is 1. The molecule has 1 aromatic carbocycles. The number of benzene rings is 1. The third kappa shape index (κ3) is 8.54. The highest BCUT2D eigenvalue weighted by atomic mass is 127. The number of amides is 1. The zero-order valence-corrected chi connectivity index (χ0v) is 15.4. The summed E-state index contributed by atoms with van der Waals surface area (Å²) < 4.78 is 0.